The summed E-state index contributed by atoms with van der Waals surface area (Å²) in [5, 5.41) is 0. The van der Waals surface area contributed by atoms with E-state index < -0.39 is 10.1 Å². The molecular formula is C23H38O8S. The predicted molar refractivity (Wildman–Crippen MR) is 121 cm³/mol. The van der Waals surface area contributed by atoms with Gasteiger partial charge in [0.05, 0.1) is 18.1 Å². The van der Waals surface area contributed by atoms with Crippen LogP contribution in [-0.2, 0) is 38.0 Å². The highest BCUT2D eigenvalue weighted by Crippen LogP contribution is 2.13. The fourth-order valence-electron chi connectivity index (χ4n) is 2.51. The van der Waals surface area contributed by atoms with Gasteiger partial charge in [0.25, 0.3) is 10.1 Å². The van der Waals surface area contributed by atoms with E-state index in [1.165, 1.54) is 0 Å². The highest BCUT2D eigenvalue weighted by atomic mass is 32.2. The zero-order valence-corrected chi connectivity index (χ0v) is 20.2. The molecule has 0 N–H and O–H groups in total. The lowest BCUT2D eigenvalue weighted by atomic mass is 10.2. The standard InChI is InChI=1S/C23H38O8S/c1-3-4-18-30-23(24)20-29-17-7-15-27-13-5-6-14-28-16-8-19-31-32(25,26)22-11-9-21(2)10-12-22/h9-12H,3-8,13-20H2,1-2H3. The minimum Gasteiger partial charge on any atom is -0.464 e. The van der Waals surface area contributed by atoms with Crippen molar-refractivity contribution in [3.8, 4) is 0 Å². The van der Waals surface area contributed by atoms with Crippen LogP contribution >= 0.6 is 0 Å². The Morgan fingerprint density at radius 2 is 1.31 bits per heavy atom. The van der Waals surface area contributed by atoms with Crippen molar-refractivity contribution in [2.24, 2.45) is 0 Å². The van der Waals surface area contributed by atoms with Gasteiger partial charge in [-0.1, -0.05) is 31.0 Å². The molecule has 0 saturated heterocycles. The molecule has 1 rings (SSSR count). The smallest absolute Gasteiger partial charge is 0.332 e. The highest BCUT2D eigenvalue weighted by molar-refractivity contribution is 7.86. The van der Waals surface area contributed by atoms with Crippen molar-refractivity contribution in [3.05, 3.63) is 29.8 Å². The molecule has 8 nitrogen and oxygen atoms in total. The molecule has 0 aliphatic heterocycles. The first kappa shape index (κ1) is 28.5. The molecule has 0 amide bonds. The van der Waals surface area contributed by atoms with Gasteiger partial charge in [0.2, 0.25) is 0 Å². The molecule has 9 heteroatoms. The summed E-state index contributed by atoms with van der Waals surface area (Å²) in [6.07, 6.45) is 4.84. The van der Waals surface area contributed by atoms with Crippen LogP contribution in [0.5, 0.6) is 0 Å². The first-order chi connectivity index (χ1) is 15.5. The summed E-state index contributed by atoms with van der Waals surface area (Å²) in [6, 6.07) is 6.57. The average molecular weight is 475 g/mol. The van der Waals surface area contributed by atoms with Crippen LogP contribution in [0.25, 0.3) is 0 Å². The first-order valence-electron chi connectivity index (χ1n) is 11.3. The van der Waals surface area contributed by atoms with Gasteiger partial charge in [-0.05, 0) is 51.2 Å². The third-order valence-electron chi connectivity index (χ3n) is 4.37. The summed E-state index contributed by atoms with van der Waals surface area (Å²) >= 11 is 0. The first-order valence-corrected chi connectivity index (χ1v) is 12.7. The van der Waals surface area contributed by atoms with Crippen molar-refractivity contribution < 1.29 is 36.3 Å². The molecule has 0 fully saturated rings. The Morgan fingerprint density at radius 1 is 0.750 bits per heavy atom. The van der Waals surface area contributed by atoms with E-state index >= 15 is 0 Å². The second kappa shape index (κ2) is 18.0. The molecule has 0 bridgehead atoms. The number of rotatable bonds is 20. The minimum absolute atomic E-state index is 0.00994. The van der Waals surface area contributed by atoms with Crippen LogP contribution in [-0.4, -0.2) is 67.2 Å². The fraction of sp³-hybridized carbons (Fsp3) is 0.696. The molecule has 0 spiro atoms. The molecule has 0 atom stereocenters. The van der Waals surface area contributed by atoms with E-state index in [-0.39, 0.29) is 24.1 Å². The molecule has 0 aromatic heterocycles. The second-order valence-electron chi connectivity index (χ2n) is 7.35. The van der Waals surface area contributed by atoms with E-state index in [4.69, 9.17) is 23.1 Å². The van der Waals surface area contributed by atoms with Gasteiger partial charge < -0.3 is 18.9 Å². The van der Waals surface area contributed by atoms with Crippen molar-refractivity contribution in [1.82, 2.24) is 0 Å². The third-order valence-corrected chi connectivity index (χ3v) is 5.69. The van der Waals surface area contributed by atoms with Crippen LogP contribution in [0, 0.1) is 6.92 Å². The van der Waals surface area contributed by atoms with Gasteiger partial charge in [-0.25, -0.2) is 4.79 Å². The Hall–Kier alpha value is -1.52. The maximum absolute atomic E-state index is 12.0. The quantitative estimate of drug-likeness (QED) is 0.160. The summed E-state index contributed by atoms with van der Waals surface area (Å²) in [7, 11) is -3.71. The lowest BCUT2D eigenvalue weighted by molar-refractivity contribution is -0.149. The summed E-state index contributed by atoms with van der Waals surface area (Å²) in [6.45, 7) is 7.20. The summed E-state index contributed by atoms with van der Waals surface area (Å²) in [5.41, 5.74) is 0.994. The van der Waals surface area contributed by atoms with E-state index in [0.29, 0.717) is 46.1 Å². The molecule has 184 valence electrons. The number of hydrogen-bond donors (Lipinski definition) is 0. The molecule has 32 heavy (non-hydrogen) atoms. The van der Waals surface area contributed by atoms with Gasteiger partial charge >= 0.3 is 5.97 Å². The Kier molecular flexibility index (Phi) is 16.0. The molecule has 0 heterocycles. The Labute approximate surface area is 192 Å². The van der Waals surface area contributed by atoms with E-state index in [1.54, 1.807) is 24.3 Å². The molecule has 1 aromatic carbocycles. The van der Waals surface area contributed by atoms with Gasteiger partial charge in [0.15, 0.2) is 0 Å². The van der Waals surface area contributed by atoms with Gasteiger partial charge in [0.1, 0.15) is 6.61 Å². The van der Waals surface area contributed by atoms with Gasteiger partial charge in [-0.15, -0.1) is 0 Å². The van der Waals surface area contributed by atoms with Crippen LogP contribution in [0.1, 0.15) is 51.0 Å². The number of carbonyl (C=O) groups excluding carboxylic acids is 1. The number of unbranched alkanes of at least 4 members (excludes halogenated alkanes) is 2. The average Bonchev–Trinajstić information content (AvgIpc) is 2.77. The lowest BCUT2D eigenvalue weighted by Crippen LogP contribution is -2.14. The molecule has 0 unspecified atom stereocenters. The van der Waals surface area contributed by atoms with E-state index in [1.807, 2.05) is 13.8 Å². The number of hydrogen-bond acceptors (Lipinski definition) is 8. The zero-order chi connectivity index (χ0) is 23.5. The molecular weight excluding hydrogens is 436 g/mol. The molecule has 0 saturated carbocycles. The number of aryl methyl sites for hydroxylation is 1. The van der Waals surface area contributed by atoms with Crippen molar-refractivity contribution in [1.29, 1.82) is 0 Å². The summed E-state index contributed by atoms with van der Waals surface area (Å²) in [4.78, 5) is 11.5. The van der Waals surface area contributed by atoms with Crippen LogP contribution in [0.4, 0.5) is 0 Å². The topological polar surface area (TPSA) is 97.4 Å². The van der Waals surface area contributed by atoms with Crippen molar-refractivity contribution in [2.75, 3.05) is 52.9 Å². The summed E-state index contributed by atoms with van der Waals surface area (Å²) < 4.78 is 50.3. The number of ether oxygens (including phenoxy) is 4. The molecule has 0 aliphatic rings. The lowest BCUT2D eigenvalue weighted by Gasteiger charge is -2.08. The van der Waals surface area contributed by atoms with Crippen molar-refractivity contribution >= 4 is 16.1 Å². The van der Waals surface area contributed by atoms with Gasteiger partial charge in [0, 0.05) is 33.0 Å². The second-order valence-corrected chi connectivity index (χ2v) is 8.97. The van der Waals surface area contributed by atoms with Crippen LogP contribution in [0.3, 0.4) is 0 Å². The monoisotopic (exact) mass is 474 g/mol. The normalized spacial score (nSPS) is 11.6. The SMILES string of the molecule is CCCCOC(=O)COCCCOCCCCOCCCOS(=O)(=O)c1ccc(C)cc1. The maximum atomic E-state index is 12.0. The largest absolute Gasteiger partial charge is 0.464 e. The van der Waals surface area contributed by atoms with Crippen LogP contribution in [0.15, 0.2) is 29.2 Å². The van der Waals surface area contributed by atoms with Crippen LogP contribution in [0.2, 0.25) is 0 Å². The highest BCUT2D eigenvalue weighted by Gasteiger charge is 2.14. The van der Waals surface area contributed by atoms with E-state index in [9.17, 15) is 13.2 Å². The minimum atomic E-state index is -3.71. The van der Waals surface area contributed by atoms with Gasteiger partial charge in [-0.2, -0.15) is 8.42 Å². The Balaban J connectivity index is 1.85. The van der Waals surface area contributed by atoms with E-state index in [2.05, 4.69) is 0 Å². The third kappa shape index (κ3) is 14.5. The Bertz CT molecular complexity index is 703. The maximum Gasteiger partial charge on any atom is 0.332 e. The zero-order valence-electron chi connectivity index (χ0n) is 19.4. The summed E-state index contributed by atoms with van der Waals surface area (Å²) in [5.74, 6) is -0.321. The van der Waals surface area contributed by atoms with Crippen molar-refractivity contribution in [2.45, 2.75) is 57.3 Å². The van der Waals surface area contributed by atoms with Crippen molar-refractivity contribution in [3.63, 3.8) is 0 Å². The van der Waals surface area contributed by atoms with Crippen LogP contribution < -0.4 is 0 Å². The number of carbonyl (C=O) groups is 1. The molecule has 0 aliphatic carbocycles. The molecule has 0 radical (unpaired) electrons. The fourth-order valence-corrected chi connectivity index (χ4v) is 3.45. The van der Waals surface area contributed by atoms with E-state index in [0.717, 1.165) is 37.7 Å². The van der Waals surface area contributed by atoms with Gasteiger partial charge in [-0.3, -0.25) is 4.18 Å². The molecule has 1 aromatic rings. The number of benzene rings is 1. The number of esters is 1. The Morgan fingerprint density at radius 3 is 1.94 bits per heavy atom. The predicted octanol–water partition coefficient (Wildman–Crippen LogP) is 3.65.